The molecule has 0 N–H and O–H groups in total. The van der Waals surface area contributed by atoms with Gasteiger partial charge < -0.3 is 9.64 Å². The summed E-state index contributed by atoms with van der Waals surface area (Å²) in [5, 5.41) is 5.31. The number of hydrogen-bond donors (Lipinski definition) is 0. The van der Waals surface area contributed by atoms with Crippen molar-refractivity contribution in [1.82, 2.24) is 14.7 Å². The lowest BCUT2D eigenvalue weighted by atomic mass is 10.2. The van der Waals surface area contributed by atoms with Crippen LogP contribution in [0.2, 0.25) is 5.02 Å². The van der Waals surface area contributed by atoms with E-state index in [0.717, 1.165) is 5.75 Å². The fourth-order valence-electron chi connectivity index (χ4n) is 2.68. The summed E-state index contributed by atoms with van der Waals surface area (Å²) in [5.41, 5.74) is 0.500. The van der Waals surface area contributed by atoms with Crippen molar-refractivity contribution in [2.24, 2.45) is 0 Å². The van der Waals surface area contributed by atoms with Gasteiger partial charge in [-0.2, -0.15) is 5.10 Å². The molecule has 0 saturated carbocycles. The van der Waals surface area contributed by atoms with Gasteiger partial charge in [0.05, 0.1) is 18.3 Å². The number of carbonyl (C=O) groups excluding carboxylic acids is 1. The lowest BCUT2D eigenvalue weighted by Crippen LogP contribution is -2.32. The van der Waals surface area contributed by atoms with Crippen LogP contribution < -0.4 is 10.2 Å². The minimum absolute atomic E-state index is 0.0787. The molecule has 3 rings (SSSR count). The van der Waals surface area contributed by atoms with E-state index in [-0.39, 0.29) is 17.9 Å². The van der Waals surface area contributed by atoms with E-state index in [0.29, 0.717) is 35.5 Å². The van der Waals surface area contributed by atoms with Gasteiger partial charge in [-0.3, -0.25) is 14.3 Å². The number of fused-ring (bicyclic) bond motifs is 1. The Morgan fingerprint density at radius 1 is 1.19 bits per heavy atom. The standard InChI is InChI=1S/C20H20ClN3O3/c1-23(11-4-12-27-16-9-7-15(21)8-10-16)20(26)14-24-18-6-3-2-5-17(18)19(25)13-22-24/h2-3,5-10,13H,4,11-12,14H2,1H3. The van der Waals surface area contributed by atoms with Crippen LogP contribution in [0.4, 0.5) is 0 Å². The summed E-state index contributed by atoms with van der Waals surface area (Å²) in [4.78, 5) is 26.0. The first kappa shape index (κ1) is 18.9. The van der Waals surface area contributed by atoms with Crippen LogP contribution in [-0.4, -0.2) is 40.8 Å². The highest BCUT2D eigenvalue weighted by atomic mass is 35.5. The predicted octanol–water partition coefficient (Wildman–Crippen LogP) is 2.98. The number of para-hydroxylation sites is 1. The third-order valence-electron chi connectivity index (χ3n) is 4.19. The number of ether oxygens (including phenoxy) is 1. The summed E-state index contributed by atoms with van der Waals surface area (Å²) in [6.07, 6.45) is 1.94. The number of amides is 1. The molecule has 0 aliphatic carbocycles. The molecular formula is C20H20ClN3O3. The fraction of sp³-hybridized carbons (Fsp3) is 0.250. The van der Waals surface area contributed by atoms with Gasteiger partial charge in [0.15, 0.2) is 0 Å². The van der Waals surface area contributed by atoms with Crippen LogP contribution in [0.3, 0.4) is 0 Å². The molecule has 1 aromatic heterocycles. The highest BCUT2D eigenvalue weighted by Gasteiger charge is 2.12. The Bertz CT molecular complexity index is 986. The third-order valence-corrected chi connectivity index (χ3v) is 4.44. The molecule has 27 heavy (non-hydrogen) atoms. The van der Waals surface area contributed by atoms with Crippen molar-refractivity contribution >= 4 is 28.4 Å². The molecule has 0 bridgehead atoms. The second kappa shape index (κ2) is 8.68. The lowest BCUT2D eigenvalue weighted by molar-refractivity contribution is -0.130. The number of carbonyl (C=O) groups is 1. The van der Waals surface area contributed by atoms with Crippen molar-refractivity contribution in [3.63, 3.8) is 0 Å². The molecule has 0 saturated heterocycles. The summed E-state index contributed by atoms with van der Waals surface area (Å²) in [7, 11) is 1.75. The van der Waals surface area contributed by atoms with Gasteiger partial charge in [0.25, 0.3) is 0 Å². The predicted molar refractivity (Wildman–Crippen MR) is 105 cm³/mol. The molecule has 1 amide bonds. The Kier molecular flexibility index (Phi) is 6.08. The molecular weight excluding hydrogens is 366 g/mol. The Hall–Kier alpha value is -2.86. The summed E-state index contributed by atoms with van der Waals surface area (Å²) in [6, 6.07) is 14.3. The third kappa shape index (κ3) is 4.86. The zero-order valence-corrected chi connectivity index (χ0v) is 15.7. The molecule has 140 valence electrons. The lowest BCUT2D eigenvalue weighted by Gasteiger charge is -2.18. The average Bonchev–Trinajstić information content (AvgIpc) is 2.68. The number of rotatable bonds is 7. The van der Waals surface area contributed by atoms with Gasteiger partial charge in [-0.05, 0) is 42.8 Å². The minimum atomic E-state index is -0.151. The molecule has 0 atom stereocenters. The van der Waals surface area contributed by atoms with Crippen LogP contribution in [0, 0.1) is 0 Å². The average molecular weight is 386 g/mol. The van der Waals surface area contributed by atoms with E-state index >= 15 is 0 Å². The Morgan fingerprint density at radius 2 is 1.93 bits per heavy atom. The Labute approximate surface area is 161 Å². The van der Waals surface area contributed by atoms with E-state index in [2.05, 4.69) is 5.10 Å². The number of likely N-dealkylation sites (N-methyl/N-ethyl adjacent to an activating group) is 1. The van der Waals surface area contributed by atoms with Gasteiger partial charge in [0.1, 0.15) is 12.3 Å². The van der Waals surface area contributed by atoms with Crippen LogP contribution >= 0.6 is 11.6 Å². The van der Waals surface area contributed by atoms with Gasteiger partial charge in [0.2, 0.25) is 11.3 Å². The molecule has 0 fully saturated rings. The summed E-state index contributed by atoms with van der Waals surface area (Å²) in [5.74, 6) is 0.667. The zero-order valence-electron chi connectivity index (χ0n) is 15.0. The van der Waals surface area contributed by atoms with Crippen molar-refractivity contribution in [1.29, 1.82) is 0 Å². The second-order valence-electron chi connectivity index (χ2n) is 6.15. The van der Waals surface area contributed by atoms with Crippen molar-refractivity contribution in [2.75, 3.05) is 20.2 Å². The maximum atomic E-state index is 12.5. The van der Waals surface area contributed by atoms with E-state index in [1.807, 2.05) is 18.2 Å². The maximum absolute atomic E-state index is 12.5. The Morgan fingerprint density at radius 3 is 2.70 bits per heavy atom. The summed E-state index contributed by atoms with van der Waals surface area (Å²) >= 11 is 5.84. The van der Waals surface area contributed by atoms with Gasteiger partial charge in [-0.15, -0.1) is 0 Å². The summed E-state index contributed by atoms with van der Waals surface area (Å²) < 4.78 is 7.19. The molecule has 0 radical (unpaired) electrons. The van der Waals surface area contributed by atoms with Crippen molar-refractivity contribution in [3.8, 4) is 5.75 Å². The van der Waals surface area contributed by atoms with E-state index in [4.69, 9.17) is 16.3 Å². The first-order valence-electron chi connectivity index (χ1n) is 8.62. The molecule has 3 aromatic rings. The Balaban J connectivity index is 1.53. The number of nitrogens with zero attached hydrogens (tertiary/aromatic N) is 3. The van der Waals surface area contributed by atoms with Crippen molar-refractivity contribution in [3.05, 3.63) is 70.0 Å². The smallest absolute Gasteiger partial charge is 0.244 e. The van der Waals surface area contributed by atoms with E-state index in [9.17, 15) is 9.59 Å². The quantitative estimate of drug-likeness (QED) is 0.586. The molecule has 0 spiro atoms. The highest BCUT2D eigenvalue weighted by Crippen LogP contribution is 2.15. The van der Waals surface area contributed by atoms with E-state index < -0.39 is 0 Å². The molecule has 7 heteroatoms. The molecule has 0 aliphatic heterocycles. The first-order valence-corrected chi connectivity index (χ1v) is 8.99. The topological polar surface area (TPSA) is 64.4 Å². The summed E-state index contributed by atoms with van der Waals surface area (Å²) in [6.45, 7) is 1.14. The molecule has 0 unspecified atom stereocenters. The van der Waals surface area contributed by atoms with Crippen molar-refractivity contribution < 1.29 is 9.53 Å². The number of halogens is 1. The molecule has 6 nitrogen and oxygen atoms in total. The first-order chi connectivity index (χ1) is 13.0. The van der Waals surface area contributed by atoms with Gasteiger partial charge in [-0.1, -0.05) is 23.7 Å². The molecule has 0 aliphatic rings. The van der Waals surface area contributed by atoms with Crippen LogP contribution in [0.25, 0.3) is 10.9 Å². The second-order valence-corrected chi connectivity index (χ2v) is 6.59. The number of aromatic nitrogens is 2. The van der Waals surface area contributed by atoms with E-state index in [1.165, 1.54) is 6.20 Å². The van der Waals surface area contributed by atoms with E-state index in [1.54, 1.807) is 47.0 Å². The molecule has 2 aromatic carbocycles. The van der Waals surface area contributed by atoms with Gasteiger partial charge >= 0.3 is 0 Å². The number of hydrogen-bond acceptors (Lipinski definition) is 4. The molecule has 1 heterocycles. The van der Waals surface area contributed by atoms with Crippen molar-refractivity contribution in [2.45, 2.75) is 13.0 Å². The largest absolute Gasteiger partial charge is 0.494 e. The SMILES string of the molecule is CN(CCCOc1ccc(Cl)cc1)C(=O)Cn1ncc(=O)c2ccccc21. The normalized spacial score (nSPS) is 10.7. The van der Waals surface area contributed by atoms with Gasteiger partial charge in [0, 0.05) is 24.0 Å². The maximum Gasteiger partial charge on any atom is 0.244 e. The minimum Gasteiger partial charge on any atom is -0.494 e. The van der Waals surface area contributed by atoms with Crippen LogP contribution in [-0.2, 0) is 11.3 Å². The monoisotopic (exact) mass is 385 g/mol. The van der Waals surface area contributed by atoms with Crippen LogP contribution in [0.15, 0.2) is 59.5 Å². The fourth-order valence-corrected chi connectivity index (χ4v) is 2.81. The zero-order chi connectivity index (χ0) is 19.2. The number of benzene rings is 2. The van der Waals surface area contributed by atoms with Crippen LogP contribution in [0.1, 0.15) is 6.42 Å². The highest BCUT2D eigenvalue weighted by molar-refractivity contribution is 6.30. The van der Waals surface area contributed by atoms with Gasteiger partial charge in [-0.25, -0.2) is 0 Å². The van der Waals surface area contributed by atoms with Crippen LogP contribution in [0.5, 0.6) is 5.75 Å².